The molecule has 0 aromatic heterocycles. The zero-order chi connectivity index (χ0) is 8.69. The lowest BCUT2D eigenvalue weighted by atomic mass is 10.2. The number of amides is 1. The highest BCUT2D eigenvalue weighted by molar-refractivity contribution is 7.81. The van der Waals surface area contributed by atoms with Gasteiger partial charge in [-0.3, -0.25) is 4.79 Å². The smallest absolute Gasteiger partial charge is 0.229 e. The first-order valence-electron chi connectivity index (χ1n) is 3.60. The Labute approximate surface area is 72.9 Å². The first kappa shape index (κ1) is 10.8. The number of hydrogen-bond donors (Lipinski definition) is 2. The van der Waals surface area contributed by atoms with E-state index in [1.807, 2.05) is 6.92 Å². The Bertz CT molecular complexity index is 119. The molecule has 0 radical (unpaired) electrons. The Morgan fingerprint density at radius 1 is 1.73 bits per heavy atom. The number of carbonyl (C=O) groups is 1. The minimum absolute atomic E-state index is 0.0306. The molecule has 11 heavy (non-hydrogen) atoms. The van der Waals surface area contributed by atoms with Gasteiger partial charge in [0.1, 0.15) is 0 Å². The molecule has 0 rings (SSSR count). The molecule has 0 aliphatic rings. The van der Waals surface area contributed by atoms with Gasteiger partial charge in [0, 0.05) is 19.8 Å². The molecule has 0 saturated carbocycles. The lowest BCUT2D eigenvalue weighted by Crippen LogP contribution is -2.34. The molecule has 0 aromatic rings. The minimum Gasteiger partial charge on any atom is -0.385 e. The first-order chi connectivity index (χ1) is 5.20. The third-order valence-corrected chi connectivity index (χ3v) is 1.59. The van der Waals surface area contributed by atoms with E-state index in [1.165, 1.54) is 0 Å². The van der Waals surface area contributed by atoms with Crippen molar-refractivity contribution in [1.82, 2.24) is 5.32 Å². The Kier molecular flexibility index (Phi) is 6.36. The van der Waals surface area contributed by atoms with Gasteiger partial charge in [0.2, 0.25) is 5.91 Å². The van der Waals surface area contributed by atoms with Gasteiger partial charge in [-0.1, -0.05) is 0 Å². The lowest BCUT2D eigenvalue weighted by Gasteiger charge is -2.11. The fourth-order valence-corrected chi connectivity index (χ4v) is 0.779. The van der Waals surface area contributed by atoms with Crippen LogP contribution >= 0.6 is 12.6 Å². The molecule has 0 aliphatic heterocycles. The number of rotatable bonds is 5. The van der Waals surface area contributed by atoms with Gasteiger partial charge in [0.05, 0.1) is 5.75 Å². The van der Waals surface area contributed by atoms with Gasteiger partial charge in [-0.2, -0.15) is 12.6 Å². The molecule has 1 amide bonds. The van der Waals surface area contributed by atoms with Crippen molar-refractivity contribution in [3.05, 3.63) is 0 Å². The summed E-state index contributed by atoms with van der Waals surface area (Å²) in [7, 11) is 1.65. The van der Waals surface area contributed by atoms with Crippen LogP contribution < -0.4 is 5.32 Å². The van der Waals surface area contributed by atoms with Crippen molar-refractivity contribution < 1.29 is 9.53 Å². The molecule has 66 valence electrons. The van der Waals surface area contributed by atoms with E-state index in [0.29, 0.717) is 6.61 Å². The predicted octanol–water partition coefficient (Wildman–Crippen LogP) is 0.457. The minimum atomic E-state index is -0.0306. The Morgan fingerprint density at radius 2 is 2.36 bits per heavy atom. The van der Waals surface area contributed by atoms with E-state index < -0.39 is 0 Å². The first-order valence-corrected chi connectivity index (χ1v) is 4.23. The Balaban J connectivity index is 3.35. The van der Waals surface area contributed by atoms with Crippen molar-refractivity contribution in [3.63, 3.8) is 0 Å². The van der Waals surface area contributed by atoms with Crippen molar-refractivity contribution in [1.29, 1.82) is 0 Å². The zero-order valence-corrected chi connectivity index (χ0v) is 7.86. The molecule has 0 heterocycles. The molecule has 1 unspecified atom stereocenters. The van der Waals surface area contributed by atoms with E-state index in [-0.39, 0.29) is 17.7 Å². The molecule has 0 aliphatic carbocycles. The van der Waals surface area contributed by atoms with E-state index >= 15 is 0 Å². The summed E-state index contributed by atoms with van der Waals surface area (Å²) < 4.78 is 4.86. The fraction of sp³-hybridized carbons (Fsp3) is 0.857. The number of hydrogen-bond acceptors (Lipinski definition) is 3. The average molecular weight is 177 g/mol. The molecule has 3 nitrogen and oxygen atoms in total. The van der Waals surface area contributed by atoms with E-state index in [0.717, 1.165) is 6.42 Å². The van der Waals surface area contributed by atoms with Crippen molar-refractivity contribution in [2.45, 2.75) is 19.4 Å². The topological polar surface area (TPSA) is 38.3 Å². The highest BCUT2D eigenvalue weighted by Crippen LogP contribution is 1.90. The maximum Gasteiger partial charge on any atom is 0.229 e. The van der Waals surface area contributed by atoms with E-state index in [9.17, 15) is 4.79 Å². The van der Waals surface area contributed by atoms with Crippen LogP contribution in [0.25, 0.3) is 0 Å². The third kappa shape index (κ3) is 6.19. The second-order valence-electron chi connectivity index (χ2n) is 2.41. The summed E-state index contributed by atoms with van der Waals surface area (Å²) in [6.07, 6.45) is 0.843. The van der Waals surface area contributed by atoms with Crippen LogP contribution in [0.1, 0.15) is 13.3 Å². The van der Waals surface area contributed by atoms with Gasteiger partial charge in [-0.05, 0) is 13.3 Å². The molecule has 1 N–H and O–H groups in total. The number of ether oxygens (including phenoxy) is 1. The van der Waals surface area contributed by atoms with Crippen LogP contribution in [0.5, 0.6) is 0 Å². The molecule has 0 fully saturated rings. The molecular weight excluding hydrogens is 162 g/mol. The molecule has 0 bridgehead atoms. The summed E-state index contributed by atoms with van der Waals surface area (Å²) in [6, 6.07) is 0.176. The fourth-order valence-electron chi connectivity index (χ4n) is 0.687. The second kappa shape index (κ2) is 6.49. The lowest BCUT2D eigenvalue weighted by molar-refractivity contribution is -0.119. The highest BCUT2D eigenvalue weighted by atomic mass is 32.1. The maximum atomic E-state index is 10.8. The predicted molar refractivity (Wildman–Crippen MR) is 48.0 cm³/mol. The number of nitrogens with one attached hydrogen (secondary N) is 1. The third-order valence-electron chi connectivity index (χ3n) is 1.31. The SMILES string of the molecule is COCCC(C)NC(=O)CS. The molecule has 4 heteroatoms. The van der Waals surface area contributed by atoms with Crippen LogP contribution in [-0.2, 0) is 9.53 Å². The van der Waals surface area contributed by atoms with Crippen LogP contribution in [0.2, 0.25) is 0 Å². The molecule has 0 spiro atoms. The van der Waals surface area contributed by atoms with Gasteiger partial charge in [0.25, 0.3) is 0 Å². The van der Waals surface area contributed by atoms with E-state index in [2.05, 4.69) is 17.9 Å². The van der Waals surface area contributed by atoms with Crippen LogP contribution in [0, 0.1) is 0 Å². The molecule has 0 saturated heterocycles. The summed E-state index contributed by atoms with van der Waals surface area (Å²) in [5.74, 6) is 0.217. The van der Waals surface area contributed by atoms with Gasteiger partial charge >= 0.3 is 0 Å². The van der Waals surface area contributed by atoms with E-state index in [4.69, 9.17) is 4.74 Å². The van der Waals surface area contributed by atoms with Crippen LogP contribution in [0.15, 0.2) is 0 Å². The number of methoxy groups -OCH3 is 1. The Hall–Kier alpha value is -0.220. The second-order valence-corrected chi connectivity index (χ2v) is 2.72. The van der Waals surface area contributed by atoms with Crippen molar-refractivity contribution in [3.8, 4) is 0 Å². The van der Waals surface area contributed by atoms with Crippen molar-refractivity contribution >= 4 is 18.5 Å². The largest absolute Gasteiger partial charge is 0.385 e. The quantitative estimate of drug-likeness (QED) is 0.599. The monoisotopic (exact) mass is 177 g/mol. The van der Waals surface area contributed by atoms with Crippen molar-refractivity contribution in [2.75, 3.05) is 19.5 Å². The van der Waals surface area contributed by atoms with Crippen LogP contribution in [0.4, 0.5) is 0 Å². The van der Waals surface area contributed by atoms with Gasteiger partial charge in [-0.15, -0.1) is 0 Å². The summed E-state index contributed by atoms with van der Waals surface area (Å²) in [5, 5.41) is 2.77. The standard InChI is InChI=1S/C7H15NO2S/c1-6(3-4-10-2)8-7(9)5-11/h6,11H,3-5H2,1-2H3,(H,8,9). The van der Waals surface area contributed by atoms with Crippen LogP contribution in [0.3, 0.4) is 0 Å². The van der Waals surface area contributed by atoms with Gasteiger partial charge < -0.3 is 10.1 Å². The van der Waals surface area contributed by atoms with E-state index in [1.54, 1.807) is 7.11 Å². The van der Waals surface area contributed by atoms with Crippen molar-refractivity contribution in [2.24, 2.45) is 0 Å². The number of thiol groups is 1. The van der Waals surface area contributed by atoms with Gasteiger partial charge in [0.15, 0.2) is 0 Å². The molecule has 0 aromatic carbocycles. The maximum absolute atomic E-state index is 10.8. The normalized spacial score (nSPS) is 12.6. The van der Waals surface area contributed by atoms with Crippen LogP contribution in [-0.4, -0.2) is 31.4 Å². The number of carbonyl (C=O) groups excluding carboxylic acids is 1. The summed E-state index contributed by atoms with van der Waals surface area (Å²) >= 11 is 3.84. The highest BCUT2D eigenvalue weighted by Gasteiger charge is 2.03. The summed E-state index contributed by atoms with van der Waals surface area (Å²) in [5.41, 5.74) is 0. The molecule has 1 atom stereocenters. The van der Waals surface area contributed by atoms with Gasteiger partial charge in [-0.25, -0.2) is 0 Å². The zero-order valence-electron chi connectivity index (χ0n) is 6.96. The summed E-state index contributed by atoms with van der Waals surface area (Å²) in [4.78, 5) is 10.8. The Morgan fingerprint density at radius 3 is 2.82 bits per heavy atom. The molecular formula is C7H15NO2S. The average Bonchev–Trinajstić information content (AvgIpc) is 2.00. The summed E-state index contributed by atoms with van der Waals surface area (Å²) in [6.45, 7) is 2.62.